The Hall–Kier alpha value is -2.40. The van der Waals surface area contributed by atoms with Gasteiger partial charge in [0.25, 0.3) is 5.69 Å². The monoisotopic (exact) mass is 305 g/mol. The van der Waals surface area contributed by atoms with Gasteiger partial charge in [-0.3, -0.25) is 10.1 Å². The number of nitro groups is 1. The Kier molecular flexibility index (Phi) is 4.55. The first-order valence-corrected chi connectivity index (χ1v) is 6.56. The molecule has 0 aliphatic heterocycles. The minimum atomic E-state index is -0.694. The van der Waals surface area contributed by atoms with Gasteiger partial charge in [-0.2, -0.15) is 0 Å². The Morgan fingerprint density at radius 1 is 1.24 bits per heavy atom. The van der Waals surface area contributed by atoms with Gasteiger partial charge in [-0.1, -0.05) is 41.9 Å². The van der Waals surface area contributed by atoms with Gasteiger partial charge in [0, 0.05) is 12.1 Å². The van der Waals surface area contributed by atoms with Gasteiger partial charge in [0.2, 0.25) is 0 Å². The van der Waals surface area contributed by atoms with Crippen molar-refractivity contribution in [2.45, 2.75) is 13.0 Å². The molecule has 0 bridgehead atoms. The molecule has 0 spiro atoms. The van der Waals surface area contributed by atoms with E-state index in [0.29, 0.717) is 0 Å². The highest BCUT2D eigenvalue weighted by molar-refractivity contribution is 6.33. The molecule has 0 aliphatic carbocycles. The van der Waals surface area contributed by atoms with E-state index in [1.807, 2.05) is 30.3 Å². The third-order valence-corrected chi connectivity index (χ3v) is 3.26. The minimum absolute atomic E-state index is 0.0198. The van der Waals surface area contributed by atoms with E-state index in [0.717, 1.165) is 11.6 Å². The number of carbonyl (C=O) groups excluding carboxylic acids is 1. The molecule has 1 atom stereocenters. The third kappa shape index (κ3) is 3.58. The van der Waals surface area contributed by atoms with E-state index in [4.69, 9.17) is 16.3 Å². The van der Waals surface area contributed by atoms with Gasteiger partial charge in [0.15, 0.2) is 0 Å². The van der Waals surface area contributed by atoms with Gasteiger partial charge in [-0.05, 0) is 18.6 Å². The summed E-state index contributed by atoms with van der Waals surface area (Å²) >= 11 is 5.90. The van der Waals surface area contributed by atoms with Gasteiger partial charge in [-0.15, -0.1) is 0 Å². The highest BCUT2D eigenvalue weighted by atomic mass is 35.5. The predicted molar refractivity (Wildman–Crippen MR) is 78.4 cm³/mol. The van der Waals surface area contributed by atoms with Crippen LogP contribution >= 0.6 is 11.6 Å². The number of halogens is 1. The molecule has 21 heavy (non-hydrogen) atoms. The molecule has 0 aromatic heterocycles. The highest BCUT2D eigenvalue weighted by Crippen LogP contribution is 2.25. The Bertz CT molecular complexity index is 673. The number of carbonyl (C=O) groups is 1. The SMILES string of the molecule is C[C@H](OC(=O)c1cc([N+](=O)[O-])ccc1Cl)c1ccccc1. The van der Waals surface area contributed by atoms with Crippen molar-refractivity contribution in [2.24, 2.45) is 0 Å². The summed E-state index contributed by atoms with van der Waals surface area (Å²) in [5.74, 6) is -0.694. The third-order valence-electron chi connectivity index (χ3n) is 2.93. The van der Waals surface area contributed by atoms with E-state index in [1.54, 1.807) is 6.92 Å². The summed E-state index contributed by atoms with van der Waals surface area (Å²) in [5, 5.41) is 10.9. The molecule has 5 nitrogen and oxygen atoms in total. The summed E-state index contributed by atoms with van der Waals surface area (Å²) in [5.41, 5.74) is 0.597. The van der Waals surface area contributed by atoms with Gasteiger partial charge in [0.05, 0.1) is 15.5 Å². The largest absolute Gasteiger partial charge is 0.454 e. The average Bonchev–Trinajstić information content (AvgIpc) is 2.48. The number of non-ortho nitro benzene ring substituents is 1. The van der Waals surface area contributed by atoms with Crippen molar-refractivity contribution in [3.8, 4) is 0 Å². The Morgan fingerprint density at radius 2 is 1.90 bits per heavy atom. The minimum Gasteiger partial charge on any atom is -0.454 e. The lowest BCUT2D eigenvalue weighted by atomic mass is 10.1. The van der Waals surface area contributed by atoms with Crippen LogP contribution in [0.5, 0.6) is 0 Å². The lowest BCUT2D eigenvalue weighted by molar-refractivity contribution is -0.384. The molecule has 2 rings (SSSR count). The van der Waals surface area contributed by atoms with Gasteiger partial charge in [0.1, 0.15) is 6.10 Å². The smallest absolute Gasteiger partial charge is 0.340 e. The van der Waals surface area contributed by atoms with Crippen LogP contribution in [0, 0.1) is 10.1 Å². The fourth-order valence-electron chi connectivity index (χ4n) is 1.80. The molecule has 0 saturated carbocycles. The van der Waals surface area contributed by atoms with Crippen molar-refractivity contribution in [1.82, 2.24) is 0 Å². The maximum Gasteiger partial charge on any atom is 0.340 e. The zero-order valence-electron chi connectivity index (χ0n) is 11.2. The van der Waals surface area contributed by atoms with E-state index in [-0.39, 0.29) is 16.3 Å². The molecule has 108 valence electrons. The van der Waals surface area contributed by atoms with Gasteiger partial charge < -0.3 is 4.74 Å². The van der Waals surface area contributed by atoms with Gasteiger partial charge >= 0.3 is 5.97 Å². The first-order chi connectivity index (χ1) is 9.99. The second-order valence-corrected chi connectivity index (χ2v) is 4.79. The summed E-state index contributed by atoms with van der Waals surface area (Å²) in [6, 6.07) is 12.8. The second kappa shape index (κ2) is 6.37. The van der Waals surface area contributed by atoms with Crippen LogP contribution in [0.3, 0.4) is 0 Å². The number of nitro benzene ring substituents is 1. The van der Waals surface area contributed by atoms with Crippen LogP contribution in [0.25, 0.3) is 0 Å². The quantitative estimate of drug-likeness (QED) is 0.483. The maximum absolute atomic E-state index is 12.1. The van der Waals surface area contributed by atoms with Crippen LogP contribution in [0.2, 0.25) is 5.02 Å². The number of benzene rings is 2. The van der Waals surface area contributed by atoms with Crippen LogP contribution in [0.1, 0.15) is 28.9 Å². The molecule has 0 heterocycles. The van der Waals surface area contributed by atoms with Crippen LogP contribution in [-0.2, 0) is 4.74 Å². The van der Waals surface area contributed by atoms with Crippen molar-refractivity contribution in [1.29, 1.82) is 0 Å². The number of hydrogen-bond donors (Lipinski definition) is 0. The molecule has 0 saturated heterocycles. The van der Waals surface area contributed by atoms with Crippen molar-refractivity contribution in [2.75, 3.05) is 0 Å². The lowest BCUT2D eigenvalue weighted by Crippen LogP contribution is -2.10. The standard InChI is InChI=1S/C15H12ClNO4/c1-10(11-5-3-2-4-6-11)21-15(18)13-9-12(17(19)20)7-8-14(13)16/h2-10H,1H3/t10-/m0/s1. The van der Waals surface area contributed by atoms with E-state index in [1.165, 1.54) is 12.1 Å². The highest BCUT2D eigenvalue weighted by Gasteiger charge is 2.19. The van der Waals surface area contributed by atoms with E-state index in [9.17, 15) is 14.9 Å². The molecular formula is C15H12ClNO4. The Balaban J connectivity index is 2.21. The second-order valence-electron chi connectivity index (χ2n) is 4.38. The summed E-state index contributed by atoms with van der Waals surface area (Å²) in [7, 11) is 0. The van der Waals surface area contributed by atoms with E-state index >= 15 is 0 Å². The predicted octanol–water partition coefficient (Wildman–Crippen LogP) is 4.17. The van der Waals surface area contributed by atoms with Crippen molar-refractivity contribution < 1.29 is 14.5 Å². The van der Waals surface area contributed by atoms with Crippen LogP contribution in [0.4, 0.5) is 5.69 Å². The van der Waals surface area contributed by atoms with Crippen molar-refractivity contribution in [3.05, 3.63) is 74.8 Å². The fourth-order valence-corrected chi connectivity index (χ4v) is 1.99. The topological polar surface area (TPSA) is 69.4 Å². The van der Waals surface area contributed by atoms with Crippen molar-refractivity contribution in [3.63, 3.8) is 0 Å². The first-order valence-electron chi connectivity index (χ1n) is 6.19. The summed E-state index contributed by atoms with van der Waals surface area (Å²) in [6.45, 7) is 1.72. The fraction of sp³-hybridized carbons (Fsp3) is 0.133. The van der Waals surface area contributed by atoms with Crippen LogP contribution < -0.4 is 0 Å². The molecule has 0 aliphatic rings. The Labute approximate surface area is 126 Å². The number of nitrogens with zero attached hydrogens (tertiary/aromatic N) is 1. The summed E-state index contributed by atoms with van der Waals surface area (Å²) in [4.78, 5) is 22.2. The van der Waals surface area contributed by atoms with Crippen molar-refractivity contribution >= 4 is 23.3 Å². The van der Waals surface area contributed by atoms with Gasteiger partial charge in [-0.25, -0.2) is 4.79 Å². The first kappa shape index (κ1) is 15.0. The van der Waals surface area contributed by atoms with Crippen LogP contribution in [0.15, 0.2) is 48.5 Å². The van der Waals surface area contributed by atoms with Crippen LogP contribution in [-0.4, -0.2) is 10.9 Å². The summed E-state index contributed by atoms with van der Waals surface area (Å²) in [6.07, 6.45) is -0.478. The molecule has 2 aromatic carbocycles. The molecule has 2 aromatic rings. The number of ether oxygens (including phenoxy) is 1. The number of hydrogen-bond acceptors (Lipinski definition) is 4. The number of rotatable bonds is 4. The average molecular weight is 306 g/mol. The Morgan fingerprint density at radius 3 is 2.52 bits per heavy atom. The molecule has 0 fully saturated rings. The van der Waals surface area contributed by atoms with E-state index in [2.05, 4.69) is 0 Å². The molecule has 0 amide bonds. The lowest BCUT2D eigenvalue weighted by Gasteiger charge is -2.14. The molecular weight excluding hydrogens is 294 g/mol. The molecule has 0 unspecified atom stereocenters. The molecule has 0 radical (unpaired) electrons. The molecule has 0 N–H and O–H groups in total. The maximum atomic E-state index is 12.1. The zero-order chi connectivity index (χ0) is 15.4. The number of esters is 1. The zero-order valence-corrected chi connectivity index (χ0v) is 11.9. The summed E-state index contributed by atoms with van der Waals surface area (Å²) < 4.78 is 5.29. The van der Waals surface area contributed by atoms with E-state index < -0.39 is 17.0 Å². The normalized spacial score (nSPS) is 11.7. The molecule has 6 heteroatoms.